The SMILES string of the molecule is O=C(c1ccc(Cl)s1)N(/N=C/c1ccc(F)cc1)c1nc2ccc(F)cc2s1. The zero-order chi connectivity index (χ0) is 19.7. The molecule has 0 bridgehead atoms. The average molecular weight is 434 g/mol. The number of carbonyl (C=O) groups is 1. The van der Waals surface area contributed by atoms with E-state index in [9.17, 15) is 13.6 Å². The van der Waals surface area contributed by atoms with E-state index < -0.39 is 5.91 Å². The Bertz CT molecular complexity index is 1190. The number of nitrogens with zero attached hydrogens (tertiary/aromatic N) is 3. The van der Waals surface area contributed by atoms with Crippen LogP contribution in [0.4, 0.5) is 13.9 Å². The molecule has 0 aliphatic heterocycles. The second kappa shape index (κ2) is 7.75. The van der Waals surface area contributed by atoms with Crippen molar-refractivity contribution in [1.29, 1.82) is 0 Å². The molecule has 0 N–H and O–H groups in total. The van der Waals surface area contributed by atoms with Crippen LogP contribution in [-0.4, -0.2) is 17.1 Å². The first kappa shape index (κ1) is 18.7. The van der Waals surface area contributed by atoms with Crippen LogP contribution in [0.1, 0.15) is 15.2 Å². The van der Waals surface area contributed by atoms with Crippen molar-refractivity contribution in [2.24, 2.45) is 5.10 Å². The van der Waals surface area contributed by atoms with E-state index in [0.29, 0.717) is 25.0 Å². The summed E-state index contributed by atoms with van der Waals surface area (Å²) in [5.74, 6) is -1.18. The van der Waals surface area contributed by atoms with Gasteiger partial charge in [-0.05, 0) is 48.0 Å². The summed E-state index contributed by atoms with van der Waals surface area (Å²) in [5, 5.41) is 5.67. The van der Waals surface area contributed by atoms with E-state index in [2.05, 4.69) is 10.1 Å². The third kappa shape index (κ3) is 3.94. The molecule has 0 aliphatic rings. The molecule has 4 aromatic rings. The second-order valence-electron chi connectivity index (χ2n) is 5.63. The summed E-state index contributed by atoms with van der Waals surface area (Å²) in [7, 11) is 0. The number of amides is 1. The molecule has 28 heavy (non-hydrogen) atoms. The van der Waals surface area contributed by atoms with Gasteiger partial charge in [0.05, 0.1) is 25.6 Å². The molecule has 2 aromatic carbocycles. The lowest BCUT2D eigenvalue weighted by Crippen LogP contribution is -2.24. The highest BCUT2D eigenvalue weighted by atomic mass is 35.5. The fourth-order valence-corrected chi connectivity index (χ4v) is 4.29. The van der Waals surface area contributed by atoms with Gasteiger partial charge in [-0.25, -0.2) is 13.8 Å². The number of fused-ring (bicyclic) bond motifs is 1. The third-order valence-corrected chi connectivity index (χ3v) is 5.90. The van der Waals surface area contributed by atoms with Gasteiger partial charge < -0.3 is 0 Å². The Kier molecular flexibility index (Phi) is 5.17. The van der Waals surface area contributed by atoms with Gasteiger partial charge in [0.25, 0.3) is 5.91 Å². The van der Waals surface area contributed by atoms with E-state index in [0.717, 1.165) is 27.7 Å². The van der Waals surface area contributed by atoms with Crippen LogP contribution in [0, 0.1) is 11.6 Å². The number of aromatic nitrogens is 1. The monoisotopic (exact) mass is 433 g/mol. The molecule has 0 radical (unpaired) electrons. The van der Waals surface area contributed by atoms with Crippen LogP contribution in [0.15, 0.2) is 59.7 Å². The molecule has 0 aliphatic carbocycles. The Morgan fingerprint density at radius 3 is 2.50 bits per heavy atom. The molecular weight excluding hydrogens is 424 g/mol. The van der Waals surface area contributed by atoms with Gasteiger partial charge in [0.1, 0.15) is 11.6 Å². The number of halogens is 3. The molecule has 0 saturated carbocycles. The predicted molar refractivity (Wildman–Crippen MR) is 110 cm³/mol. The molecule has 0 atom stereocenters. The van der Waals surface area contributed by atoms with Gasteiger partial charge in [0.15, 0.2) is 0 Å². The molecule has 0 saturated heterocycles. The minimum atomic E-state index is -0.421. The Hall–Kier alpha value is -2.68. The van der Waals surface area contributed by atoms with Crippen molar-refractivity contribution in [1.82, 2.24) is 4.98 Å². The number of carbonyl (C=O) groups excluding carboxylic acids is 1. The molecule has 1 amide bonds. The fraction of sp³-hybridized carbons (Fsp3) is 0. The largest absolute Gasteiger partial charge is 0.290 e. The topological polar surface area (TPSA) is 45.6 Å². The first-order chi connectivity index (χ1) is 13.5. The van der Waals surface area contributed by atoms with Crippen molar-refractivity contribution in [3.05, 3.63) is 81.0 Å². The molecule has 140 valence electrons. The van der Waals surface area contributed by atoms with Gasteiger partial charge in [-0.2, -0.15) is 10.1 Å². The Morgan fingerprint density at radius 1 is 1.04 bits per heavy atom. The third-order valence-electron chi connectivity index (χ3n) is 3.69. The molecule has 4 rings (SSSR count). The second-order valence-corrected chi connectivity index (χ2v) is 8.35. The normalized spacial score (nSPS) is 11.4. The summed E-state index contributed by atoms with van der Waals surface area (Å²) < 4.78 is 27.7. The van der Waals surface area contributed by atoms with Gasteiger partial charge >= 0.3 is 0 Å². The lowest BCUT2D eigenvalue weighted by atomic mass is 10.2. The number of hydrogen-bond donors (Lipinski definition) is 0. The molecule has 9 heteroatoms. The minimum Gasteiger partial charge on any atom is -0.266 e. The van der Waals surface area contributed by atoms with Gasteiger partial charge in [-0.3, -0.25) is 4.79 Å². The van der Waals surface area contributed by atoms with Crippen molar-refractivity contribution in [3.8, 4) is 0 Å². The molecule has 0 spiro atoms. The predicted octanol–water partition coefficient (Wildman–Crippen LogP) is 5.97. The zero-order valence-corrected chi connectivity index (χ0v) is 16.4. The van der Waals surface area contributed by atoms with Crippen molar-refractivity contribution in [2.45, 2.75) is 0 Å². The number of rotatable bonds is 4. The standard InChI is InChI=1S/C19H10ClF2N3OS2/c20-17-8-7-15(27-17)18(26)25(23-10-11-1-3-12(21)4-2-11)19-24-14-6-5-13(22)9-16(14)28-19/h1-10H/b23-10+. The Morgan fingerprint density at radius 2 is 1.79 bits per heavy atom. The van der Waals surface area contributed by atoms with Crippen LogP contribution in [-0.2, 0) is 0 Å². The number of anilines is 1. The zero-order valence-electron chi connectivity index (χ0n) is 14.0. The number of thiophene rings is 1. The van der Waals surface area contributed by atoms with E-state index in [1.54, 1.807) is 18.2 Å². The smallest absolute Gasteiger partial charge is 0.266 e. The highest BCUT2D eigenvalue weighted by Crippen LogP contribution is 2.32. The van der Waals surface area contributed by atoms with Crippen LogP contribution in [0.25, 0.3) is 10.2 Å². The molecule has 0 unspecified atom stereocenters. The van der Waals surface area contributed by atoms with Gasteiger partial charge in [-0.1, -0.05) is 35.1 Å². The summed E-state index contributed by atoms with van der Waals surface area (Å²) in [5.41, 5.74) is 1.16. The first-order valence-corrected chi connectivity index (χ1v) is 9.96. The quantitative estimate of drug-likeness (QED) is 0.294. The molecular formula is C19H10ClF2N3OS2. The van der Waals surface area contributed by atoms with E-state index >= 15 is 0 Å². The van der Waals surface area contributed by atoms with Crippen LogP contribution in [0.5, 0.6) is 0 Å². The summed E-state index contributed by atoms with van der Waals surface area (Å²) in [6.07, 6.45) is 1.43. The van der Waals surface area contributed by atoms with Gasteiger partial charge in [-0.15, -0.1) is 11.3 Å². The van der Waals surface area contributed by atoms with Gasteiger partial charge in [0, 0.05) is 0 Å². The highest BCUT2D eigenvalue weighted by Gasteiger charge is 2.22. The minimum absolute atomic E-state index is 0.286. The fourth-order valence-electron chi connectivity index (χ4n) is 2.37. The maximum Gasteiger partial charge on any atom is 0.290 e. The first-order valence-electron chi connectivity index (χ1n) is 7.95. The van der Waals surface area contributed by atoms with E-state index in [1.807, 2.05) is 0 Å². The summed E-state index contributed by atoms with van der Waals surface area (Å²) in [6, 6.07) is 13.1. The molecule has 2 heterocycles. The molecule has 2 aromatic heterocycles. The highest BCUT2D eigenvalue weighted by molar-refractivity contribution is 7.22. The number of hydrogen-bond acceptors (Lipinski definition) is 5. The van der Waals surface area contributed by atoms with Crippen LogP contribution < -0.4 is 5.01 Å². The van der Waals surface area contributed by atoms with Crippen molar-refractivity contribution >= 4 is 61.7 Å². The lowest BCUT2D eigenvalue weighted by molar-refractivity contribution is 0.0991. The number of hydrazone groups is 1. The summed E-state index contributed by atoms with van der Waals surface area (Å²) in [6.45, 7) is 0. The Balaban J connectivity index is 1.75. The number of benzene rings is 2. The average Bonchev–Trinajstić information content (AvgIpc) is 3.29. The molecule has 0 fully saturated rings. The number of thiazole rings is 1. The van der Waals surface area contributed by atoms with Crippen LogP contribution >= 0.6 is 34.3 Å². The maximum absolute atomic E-state index is 13.5. The van der Waals surface area contributed by atoms with Gasteiger partial charge in [0.2, 0.25) is 5.13 Å². The lowest BCUT2D eigenvalue weighted by Gasteiger charge is -2.12. The molecule has 4 nitrogen and oxygen atoms in total. The van der Waals surface area contributed by atoms with E-state index in [-0.39, 0.29) is 16.8 Å². The van der Waals surface area contributed by atoms with E-state index in [4.69, 9.17) is 11.6 Å². The Labute approximate surface area is 171 Å². The van der Waals surface area contributed by atoms with Crippen LogP contribution in [0.3, 0.4) is 0 Å². The van der Waals surface area contributed by atoms with E-state index in [1.165, 1.54) is 42.6 Å². The van der Waals surface area contributed by atoms with Crippen molar-refractivity contribution in [3.63, 3.8) is 0 Å². The van der Waals surface area contributed by atoms with Crippen molar-refractivity contribution in [2.75, 3.05) is 5.01 Å². The maximum atomic E-state index is 13.5. The summed E-state index contributed by atoms with van der Waals surface area (Å²) in [4.78, 5) is 17.7. The summed E-state index contributed by atoms with van der Waals surface area (Å²) >= 11 is 8.20. The van der Waals surface area contributed by atoms with Crippen LogP contribution in [0.2, 0.25) is 4.34 Å². The van der Waals surface area contributed by atoms with Crippen molar-refractivity contribution < 1.29 is 13.6 Å².